The number of aromatic nitrogens is 2. The number of dihydropyridines is 1. The molecule has 59 heavy (non-hydrogen) atoms. The number of benzene rings is 6. The predicted molar refractivity (Wildman–Crippen MR) is 242 cm³/mol. The van der Waals surface area contributed by atoms with E-state index >= 15 is 0 Å². The van der Waals surface area contributed by atoms with Crippen LogP contribution in [0.15, 0.2) is 200 Å². The van der Waals surface area contributed by atoms with E-state index in [1.54, 1.807) is 0 Å². The maximum atomic E-state index is 9.57. The number of nitrogens with one attached hydrogen (secondary N) is 1. The molecule has 1 N–H and O–H groups in total. The summed E-state index contributed by atoms with van der Waals surface area (Å²) in [6.45, 7) is 0. The van der Waals surface area contributed by atoms with Crippen molar-refractivity contribution in [2.75, 3.05) is 7.05 Å². The van der Waals surface area contributed by atoms with Gasteiger partial charge in [-0.05, 0) is 111 Å². The third-order valence-corrected chi connectivity index (χ3v) is 11.4. The van der Waals surface area contributed by atoms with Crippen molar-refractivity contribution in [3.05, 3.63) is 228 Å². The molecule has 2 atom stereocenters. The van der Waals surface area contributed by atoms with Crippen LogP contribution in [0.25, 0.3) is 66.6 Å². The van der Waals surface area contributed by atoms with Crippen molar-refractivity contribution >= 4 is 33.2 Å². The summed E-state index contributed by atoms with van der Waals surface area (Å²) >= 11 is 0. The second-order valence-corrected chi connectivity index (χ2v) is 15.0. The number of fused-ring (bicyclic) bond motifs is 2. The summed E-state index contributed by atoms with van der Waals surface area (Å²) in [6, 6.07) is 59.0. The molecule has 6 aromatic carbocycles. The maximum absolute atomic E-state index is 9.57. The number of pyridine rings is 2. The molecule has 2 aromatic heterocycles. The number of nitrogens with zero attached hydrogens (tertiary/aromatic N) is 4. The average molecular weight is 758 g/mol. The van der Waals surface area contributed by atoms with Crippen LogP contribution < -0.4 is 5.32 Å². The largest absolute Gasteiger partial charge is 0.373 e. The highest BCUT2D eigenvalue weighted by molar-refractivity contribution is 5.97. The van der Waals surface area contributed by atoms with Gasteiger partial charge in [0, 0.05) is 23.5 Å². The average Bonchev–Trinajstić information content (AvgIpc) is 3.31. The van der Waals surface area contributed by atoms with E-state index in [2.05, 4.69) is 199 Å². The Balaban J connectivity index is 1.03. The summed E-state index contributed by atoms with van der Waals surface area (Å²) < 4.78 is 0. The maximum Gasteiger partial charge on any atom is 0.0991 e. The minimum absolute atomic E-state index is 0.0772. The van der Waals surface area contributed by atoms with Crippen LogP contribution in [0.4, 0.5) is 0 Å². The van der Waals surface area contributed by atoms with Crippen LogP contribution in [0.1, 0.15) is 40.2 Å². The van der Waals surface area contributed by atoms with Gasteiger partial charge in [0.1, 0.15) is 0 Å². The minimum atomic E-state index is -0.145. The smallest absolute Gasteiger partial charge is 0.0991 e. The Hall–Kier alpha value is -7.81. The molecule has 0 radical (unpaired) electrons. The summed E-state index contributed by atoms with van der Waals surface area (Å²) in [4.78, 5) is 12.7. The Morgan fingerprint density at radius 1 is 0.559 bits per heavy atom. The van der Waals surface area contributed by atoms with Crippen molar-refractivity contribution < 1.29 is 0 Å². The summed E-state index contributed by atoms with van der Waals surface area (Å²) in [7, 11) is 2.15. The van der Waals surface area contributed by atoms with Gasteiger partial charge >= 0.3 is 0 Å². The highest BCUT2D eigenvalue weighted by Gasteiger charge is 2.25. The van der Waals surface area contributed by atoms with E-state index in [0.717, 1.165) is 89.1 Å². The van der Waals surface area contributed by atoms with E-state index in [9.17, 15) is 5.26 Å². The van der Waals surface area contributed by atoms with Gasteiger partial charge in [-0.15, -0.1) is 0 Å². The molecule has 0 aliphatic carbocycles. The molecule has 5 heteroatoms. The monoisotopic (exact) mass is 757 g/mol. The molecular formula is C54H39N5. The zero-order valence-electron chi connectivity index (χ0n) is 32.5. The Morgan fingerprint density at radius 2 is 1.17 bits per heavy atom. The van der Waals surface area contributed by atoms with Crippen molar-refractivity contribution in [3.8, 4) is 39.4 Å². The molecule has 280 valence electrons. The molecular weight excluding hydrogens is 719 g/mol. The Kier molecular flexibility index (Phi) is 9.21. The molecule has 0 spiro atoms. The van der Waals surface area contributed by atoms with Gasteiger partial charge < -0.3 is 10.2 Å². The fraction of sp³-hybridized carbons (Fsp3) is 0.0556. The minimum Gasteiger partial charge on any atom is -0.373 e. The van der Waals surface area contributed by atoms with Crippen molar-refractivity contribution in [3.63, 3.8) is 0 Å². The fourth-order valence-corrected chi connectivity index (χ4v) is 8.38. The molecule has 2 unspecified atom stereocenters. The van der Waals surface area contributed by atoms with Gasteiger partial charge in [-0.3, -0.25) is 4.98 Å². The third-order valence-electron chi connectivity index (χ3n) is 11.4. The van der Waals surface area contributed by atoms with Crippen LogP contribution in [0.3, 0.4) is 0 Å². The molecule has 0 fully saturated rings. The second kappa shape index (κ2) is 15.3. The molecule has 2 aliphatic rings. The van der Waals surface area contributed by atoms with Gasteiger partial charge in [0.15, 0.2) is 0 Å². The Labute approximate surface area is 344 Å². The molecule has 10 rings (SSSR count). The van der Waals surface area contributed by atoms with Gasteiger partial charge in [0.2, 0.25) is 0 Å². The first-order valence-corrected chi connectivity index (χ1v) is 19.9. The van der Waals surface area contributed by atoms with Crippen molar-refractivity contribution in [2.24, 2.45) is 0 Å². The number of hydrogen-bond donors (Lipinski definition) is 1. The van der Waals surface area contributed by atoms with E-state index in [1.807, 2.05) is 24.3 Å². The summed E-state index contributed by atoms with van der Waals surface area (Å²) in [5.74, 6) is 0. The third kappa shape index (κ3) is 6.88. The summed E-state index contributed by atoms with van der Waals surface area (Å²) in [5, 5.41) is 15.7. The lowest BCUT2D eigenvalue weighted by Gasteiger charge is -2.33. The van der Waals surface area contributed by atoms with E-state index < -0.39 is 0 Å². The highest BCUT2D eigenvalue weighted by Crippen LogP contribution is 2.39. The molecule has 0 saturated heterocycles. The second-order valence-electron chi connectivity index (χ2n) is 15.0. The number of rotatable bonds is 7. The van der Waals surface area contributed by atoms with E-state index in [1.165, 1.54) is 0 Å². The van der Waals surface area contributed by atoms with Gasteiger partial charge in [0.25, 0.3) is 0 Å². The van der Waals surface area contributed by atoms with Gasteiger partial charge in [-0.2, -0.15) is 5.26 Å². The molecule has 5 nitrogen and oxygen atoms in total. The van der Waals surface area contributed by atoms with Gasteiger partial charge in [0.05, 0.1) is 51.8 Å². The van der Waals surface area contributed by atoms with Crippen LogP contribution in [0, 0.1) is 11.3 Å². The first-order chi connectivity index (χ1) is 29.1. The lowest BCUT2D eigenvalue weighted by Crippen LogP contribution is -2.25. The summed E-state index contributed by atoms with van der Waals surface area (Å²) in [6.07, 6.45) is 13.0. The quantitative estimate of drug-likeness (QED) is 0.175. The van der Waals surface area contributed by atoms with Gasteiger partial charge in [-0.1, -0.05) is 133 Å². The van der Waals surface area contributed by atoms with Crippen molar-refractivity contribution in [2.45, 2.75) is 12.1 Å². The van der Waals surface area contributed by atoms with E-state index in [0.29, 0.717) is 5.56 Å². The van der Waals surface area contributed by atoms with Crippen molar-refractivity contribution in [1.82, 2.24) is 20.2 Å². The fourth-order valence-electron chi connectivity index (χ4n) is 8.38. The molecule has 4 heterocycles. The first kappa shape index (κ1) is 35.6. The topological polar surface area (TPSA) is 64.8 Å². The molecule has 2 aliphatic heterocycles. The number of allylic oxidation sites excluding steroid dienone is 4. The molecule has 0 saturated carbocycles. The predicted octanol–water partition coefficient (Wildman–Crippen LogP) is 12.5. The standard InChI is InChI=1S/C54H39N5/c1-59-53(24-13-25-54(59)52-34-46(39-16-6-3-7-17-39)44-19-9-11-21-49(44)58-52)42-31-40(37-28-26-36(35-55)27-29-37)30-41(32-42)47-22-12-23-50(56-47)51-33-45(38-14-4-2-5-15-38)43-18-8-10-20-48(43)57-51/h2-34,50,53,56H,1H3. The number of hydrogen-bond acceptors (Lipinski definition) is 5. The van der Waals surface area contributed by atoms with E-state index in [-0.39, 0.29) is 12.1 Å². The molecule has 8 aromatic rings. The molecule has 0 bridgehead atoms. The lowest BCUT2D eigenvalue weighted by atomic mass is 9.91. The van der Waals surface area contributed by atoms with Gasteiger partial charge in [-0.25, -0.2) is 4.98 Å². The van der Waals surface area contributed by atoms with Crippen LogP contribution in [-0.4, -0.2) is 21.9 Å². The first-order valence-electron chi connectivity index (χ1n) is 19.9. The zero-order valence-corrected chi connectivity index (χ0v) is 32.5. The summed E-state index contributed by atoms with van der Waals surface area (Å²) in [5.41, 5.74) is 15.4. The SMILES string of the molecule is CN1C(c2cc(-c3ccccc3)c3ccccc3n2)=CC=CC1c1cc(C2=CC=CC(c3cc(-c4ccccc4)c4ccccc4n3)N2)cc(-c2ccc(C#N)cc2)c1. The van der Waals surface area contributed by atoms with Crippen LogP contribution in [0.2, 0.25) is 0 Å². The van der Waals surface area contributed by atoms with Crippen LogP contribution >= 0.6 is 0 Å². The number of para-hydroxylation sites is 2. The Bertz CT molecular complexity index is 3040. The Morgan fingerprint density at radius 3 is 1.86 bits per heavy atom. The zero-order chi connectivity index (χ0) is 39.7. The lowest BCUT2D eigenvalue weighted by molar-refractivity contribution is 0.411. The van der Waals surface area contributed by atoms with Crippen LogP contribution in [-0.2, 0) is 0 Å². The normalized spacial score (nSPS) is 16.0. The van der Waals surface area contributed by atoms with Crippen molar-refractivity contribution in [1.29, 1.82) is 5.26 Å². The number of likely N-dealkylation sites (N-methyl/N-ethyl adjacent to an activating group) is 1. The highest BCUT2D eigenvalue weighted by atomic mass is 15.2. The van der Waals surface area contributed by atoms with Crippen LogP contribution in [0.5, 0.6) is 0 Å². The molecule has 0 amide bonds. The number of nitriles is 1. The van der Waals surface area contributed by atoms with E-state index in [4.69, 9.17) is 9.97 Å².